The fraction of sp³-hybridized carbons (Fsp3) is 0.750. The van der Waals surface area contributed by atoms with Crippen molar-refractivity contribution in [2.75, 3.05) is 11.9 Å². The number of aromatic nitrogens is 4. The molecule has 3 rings (SSSR count). The number of rotatable bonds is 10. The second-order valence-corrected chi connectivity index (χ2v) is 13.4. The van der Waals surface area contributed by atoms with Gasteiger partial charge in [0, 0.05) is 5.92 Å². The summed E-state index contributed by atoms with van der Waals surface area (Å²) in [5.41, 5.74) is -3.06. The molecule has 2 aromatic heterocycles. The zero-order valence-electron chi connectivity index (χ0n) is 22.8. The van der Waals surface area contributed by atoms with Gasteiger partial charge in [-0.1, -0.05) is 55.4 Å². The van der Waals surface area contributed by atoms with Crippen LogP contribution in [-0.4, -0.2) is 80.5 Å². The average Bonchev–Trinajstić information content (AvgIpc) is 3.34. The lowest BCUT2D eigenvalue weighted by Crippen LogP contribution is -2.69. The lowest BCUT2D eigenvalue weighted by Gasteiger charge is -2.54. The van der Waals surface area contributed by atoms with Crippen molar-refractivity contribution in [2.45, 2.75) is 90.6 Å². The van der Waals surface area contributed by atoms with Crippen molar-refractivity contribution in [3.8, 4) is 0 Å². The van der Waals surface area contributed by atoms with Crippen LogP contribution in [-0.2, 0) is 14.0 Å². The highest BCUT2D eigenvalue weighted by Gasteiger charge is 2.68. The maximum Gasteiger partial charge on any atom is 0.280 e. The molecule has 1 aliphatic rings. The zero-order chi connectivity index (χ0) is 27.9. The van der Waals surface area contributed by atoms with E-state index in [4.69, 9.17) is 9.16 Å². The Morgan fingerprint density at radius 1 is 1.24 bits per heavy atom. The third-order valence-corrected chi connectivity index (χ3v) is 8.48. The monoisotopic (exact) mass is 539 g/mol. The molecule has 3 heterocycles. The first-order valence-corrected chi connectivity index (χ1v) is 14.2. The summed E-state index contributed by atoms with van der Waals surface area (Å²) in [6.45, 7) is 14.7. The zero-order valence-corrected chi connectivity index (χ0v) is 24.3. The molecule has 1 amide bonds. The minimum Gasteiger partial charge on any atom is -0.415 e. The van der Waals surface area contributed by atoms with Crippen LogP contribution in [0.3, 0.4) is 0 Å². The summed E-state index contributed by atoms with van der Waals surface area (Å²) in [6.07, 6.45) is -2.98. The number of hydrogen-bond donors (Lipinski definition) is 5. The minimum absolute atomic E-state index is 0.0308. The molecule has 4 atom stereocenters. The van der Waals surface area contributed by atoms with E-state index in [0.717, 1.165) is 0 Å². The fourth-order valence-electron chi connectivity index (χ4n) is 5.42. The number of aliphatic hydroxyl groups is 3. The lowest BCUT2D eigenvalue weighted by atomic mass is 9.66. The summed E-state index contributed by atoms with van der Waals surface area (Å²) in [4.78, 5) is 35.8. The number of aliphatic hydroxyl groups excluding tert-OH is 3. The first-order chi connectivity index (χ1) is 17.2. The van der Waals surface area contributed by atoms with Crippen molar-refractivity contribution in [2.24, 2.45) is 17.8 Å². The van der Waals surface area contributed by atoms with Gasteiger partial charge < -0.3 is 24.5 Å². The predicted octanol–water partition coefficient (Wildman–Crippen LogP) is 0.675. The Balaban J connectivity index is 2.14. The van der Waals surface area contributed by atoms with Crippen LogP contribution in [0.4, 0.5) is 5.95 Å². The molecule has 0 aliphatic carbocycles. The smallest absolute Gasteiger partial charge is 0.280 e. The Kier molecular flexibility index (Phi) is 8.66. The summed E-state index contributed by atoms with van der Waals surface area (Å²) in [5, 5.41) is 36.0. The van der Waals surface area contributed by atoms with Gasteiger partial charge >= 0.3 is 0 Å². The van der Waals surface area contributed by atoms with Gasteiger partial charge in [0.25, 0.3) is 5.56 Å². The summed E-state index contributed by atoms with van der Waals surface area (Å²) < 4.78 is 14.4. The molecule has 1 fully saturated rings. The van der Waals surface area contributed by atoms with E-state index < -0.39 is 51.6 Å². The van der Waals surface area contributed by atoms with Crippen LogP contribution < -0.4 is 10.9 Å². The summed E-state index contributed by atoms with van der Waals surface area (Å²) in [5.74, 6) is -1.15. The predicted molar refractivity (Wildman–Crippen MR) is 141 cm³/mol. The van der Waals surface area contributed by atoms with Crippen LogP contribution in [0.15, 0.2) is 11.1 Å². The minimum atomic E-state index is -1.67. The third kappa shape index (κ3) is 4.88. The standard InChI is InChI=1S/C24H41N5O7Si/c1-11(2)19(33)27-22-26-18-15(20(34)28-22)25-10-29(18)21-16(31)17(32)23(9-30,35-21)24(12(3)4,13(5)6)36-37-14(7)8/h10-14,16-17,21,30-32H,9,37H2,1-8H3,(H2,26,27,28,33,34)/t16-,17+,21-,23+/m1/s1. The van der Waals surface area contributed by atoms with Crippen LogP contribution in [0.2, 0.25) is 5.54 Å². The van der Waals surface area contributed by atoms with E-state index in [1.807, 2.05) is 27.7 Å². The molecule has 0 bridgehead atoms. The van der Waals surface area contributed by atoms with E-state index in [1.165, 1.54) is 10.9 Å². The quantitative estimate of drug-likeness (QED) is 0.272. The van der Waals surface area contributed by atoms with Crippen molar-refractivity contribution in [3.63, 3.8) is 0 Å². The van der Waals surface area contributed by atoms with E-state index in [9.17, 15) is 24.9 Å². The molecule has 13 heteroatoms. The average molecular weight is 540 g/mol. The number of imidazole rings is 1. The van der Waals surface area contributed by atoms with Gasteiger partial charge in [0.15, 0.2) is 32.8 Å². The molecule has 208 valence electrons. The van der Waals surface area contributed by atoms with Gasteiger partial charge in [-0.15, -0.1) is 0 Å². The number of hydrogen-bond acceptors (Lipinski definition) is 9. The van der Waals surface area contributed by atoms with Crippen LogP contribution in [0, 0.1) is 17.8 Å². The number of nitrogens with zero attached hydrogens (tertiary/aromatic N) is 3. The van der Waals surface area contributed by atoms with Gasteiger partial charge in [-0.3, -0.25) is 24.5 Å². The SMILES string of the molecule is CC(C)[SiH2]OC(C(C)C)(C(C)C)[C@@]1(CO)O[C@@H](n2cnc3c(=O)[nH]c(NC(=O)C(C)C)nc32)[C@H](O)[C@@H]1O. The number of carbonyl (C=O) groups excluding carboxylic acids is 1. The molecular formula is C24H41N5O7Si. The molecule has 37 heavy (non-hydrogen) atoms. The molecule has 2 aromatic rings. The molecule has 12 nitrogen and oxygen atoms in total. The van der Waals surface area contributed by atoms with Crippen molar-refractivity contribution in [3.05, 3.63) is 16.7 Å². The molecule has 5 N–H and O–H groups in total. The number of anilines is 1. The lowest BCUT2D eigenvalue weighted by molar-refractivity contribution is -0.249. The van der Waals surface area contributed by atoms with Gasteiger partial charge in [-0.25, -0.2) is 4.98 Å². The van der Waals surface area contributed by atoms with Crippen molar-refractivity contribution in [1.82, 2.24) is 19.5 Å². The molecule has 0 aromatic carbocycles. The van der Waals surface area contributed by atoms with Gasteiger partial charge in [-0.2, -0.15) is 4.98 Å². The topological polar surface area (TPSA) is 172 Å². The second-order valence-electron chi connectivity index (χ2n) is 11.2. The third-order valence-electron chi connectivity index (χ3n) is 7.16. The van der Waals surface area contributed by atoms with E-state index in [-0.39, 0.29) is 40.8 Å². The first kappa shape index (κ1) is 29.4. The largest absolute Gasteiger partial charge is 0.415 e. The maximum absolute atomic E-state index is 12.7. The van der Waals surface area contributed by atoms with Crippen LogP contribution in [0.25, 0.3) is 11.2 Å². The normalized spacial score (nSPS) is 25.1. The Morgan fingerprint density at radius 2 is 1.86 bits per heavy atom. The van der Waals surface area contributed by atoms with E-state index in [0.29, 0.717) is 5.54 Å². The van der Waals surface area contributed by atoms with E-state index in [1.54, 1.807) is 13.8 Å². The number of amides is 1. The van der Waals surface area contributed by atoms with Gasteiger partial charge in [0.05, 0.1) is 18.5 Å². The molecule has 0 saturated carbocycles. The van der Waals surface area contributed by atoms with Gasteiger partial charge in [-0.05, 0) is 17.4 Å². The molecular weight excluding hydrogens is 498 g/mol. The number of ether oxygens (including phenoxy) is 1. The Hall–Kier alpha value is -2.16. The first-order valence-electron chi connectivity index (χ1n) is 12.8. The van der Waals surface area contributed by atoms with Crippen LogP contribution >= 0.6 is 0 Å². The van der Waals surface area contributed by atoms with Crippen molar-refractivity contribution in [1.29, 1.82) is 0 Å². The summed E-state index contributed by atoms with van der Waals surface area (Å²) >= 11 is 0. The van der Waals surface area contributed by atoms with Crippen molar-refractivity contribution < 1.29 is 29.3 Å². The van der Waals surface area contributed by atoms with Crippen LogP contribution in [0.5, 0.6) is 0 Å². The number of nitrogens with one attached hydrogen (secondary N) is 2. The molecule has 1 saturated heterocycles. The number of fused-ring (bicyclic) bond motifs is 1. The Bertz CT molecular complexity index is 1160. The number of aromatic amines is 1. The highest BCUT2D eigenvalue weighted by molar-refractivity contribution is 6.29. The van der Waals surface area contributed by atoms with Crippen molar-refractivity contribution >= 4 is 32.8 Å². The van der Waals surface area contributed by atoms with Gasteiger partial charge in [0.2, 0.25) is 11.9 Å². The molecule has 0 spiro atoms. The molecule has 0 radical (unpaired) electrons. The van der Waals surface area contributed by atoms with Gasteiger partial charge in [0.1, 0.15) is 12.2 Å². The Labute approximate surface area is 218 Å². The van der Waals surface area contributed by atoms with E-state index >= 15 is 0 Å². The van der Waals surface area contributed by atoms with E-state index in [2.05, 4.69) is 34.1 Å². The second kappa shape index (κ2) is 10.9. The fourth-order valence-corrected chi connectivity index (χ4v) is 6.94. The van der Waals surface area contributed by atoms with Crippen LogP contribution in [0.1, 0.15) is 61.6 Å². The molecule has 0 unspecified atom stereocenters. The summed E-state index contributed by atoms with van der Waals surface area (Å²) in [6, 6.07) is 0. The highest BCUT2D eigenvalue weighted by Crippen LogP contribution is 2.51. The maximum atomic E-state index is 12.7. The molecule has 1 aliphatic heterocycles. The Morgan fingerprint density at radius 3 is 2.38 bits per heavy atom. The summed E-state index contributed by atoms with van der Waals surface area (Å²) in [7, 11) is -1.10. The number of carbonyl (C=O) groups is 1. The number of H-pyrrole nitrogens is 1. The highest BCUT2D eigenvalue weighted by atomic mass is 28.2.